The quantitative estimate of drug-likeness (QED) is 0.654. The number of aliphatic carboxylic acids is 1. The van der Waals surface area contributed by atoms with Crippen molar-refractivity contribution >= 4 is 5.97 Å². The molecule has 2 fully saturated rings. The molecule has 0 spiro atoms. The molecule has 0 saturated carbocycles. The van der Waals surface area contributed by atoms with Crippen molar-refractivity contribution in [1.29, 1.82) is 0 Å². The SMILES string of the molecule is O=C(O)C1(F)C(F)CN2CCC1C2. The Hall–Kier alpha value is -0.710. The minimum atomic E-state index is -2.65. The predicted molar refractivity (Wildman–Crippen MR) is 40.9 cm³/mol. The summed E-state index contributed by atoms with van der Waals surface area (Å²) >= 11 is 0. The molecule has 13 heavy (non-hydrogen) atoms. The van der Waals surface area contributed by atoms with Crippen molar-refractivity contribution in [1.82, 2.24) is 4.90 Å². The zero-order valence-electron chi connectivity index (χ0n) is 7.04. The summed E-state index contributed by atoms with van der Waals surface area (Å²) in [4.78, 5) is 12.4. The lowest BCUT2D eigenvalue weighted by atomic mass is 9.82. The van der Waals surface area contributed by atoms with Gasteiger partial charge in [-0.2, -0.15) is 0 Å². The van der Waals surface area contributed by atoms with E-state index in [1.165, 1.54) is 0 Å². The molecule has 2 saturated heterocycles. The molecule has 0 aliphatic carbocycles. The summed E-state index contributed by atoms with van der Waals surface area (Å²) in [5, 5.41) is 8.65. The monoisotopic (exact) mass is 191 g/mol. The molecule has 74 valence electrons. The summed E-state index contributed by atoms with van der Waals surface area (Å²) in [5.74, 6) is -2.32. The highest BCUT2D eigenvalue weighted by molar-refractivity contribution is 5.79. The van der Waals surface area contributed by atoms with Crippen molar-refractivity contribution in [3.63, 3.8) is 0 Å². The van der Waals surface area contributed by atoms with Crippen LogP contribution in [0.2, 0.25) is 0 Å². The molecule has 2 aliphatic heterocycles. The number of piperidine rings is 1. The van der Waals surface area contributed by atoms with Gasteiger partial charge in [0.25, 0.3) is 0 Å². The summed E-state index contributed by atoms with van der Waals surface area (Å²) in [6.45, 7) is 0.909. The smallest absolute Gasteiger partial charge is 0.344 e. The van der Waals surface area contributed by atoms with Gasteiger partial charge in [-0.05, 0) is 13.0 Å². The Morgan fingerprint density at radius 3 is 2.85 bits per heavy atom. The summed E-state index contributed by atoms with van der Waals surface area (Å²) in [6.07, 6.45) is -1.44. The Labute approximate surface area is 74.3 Å². The van der Waals surface area contributed by atoms with Crippen LogP contribution in [0.1, 0.15) is 6.42 Å². The van der Waals surface area contributed by atoms with Crippen LogP contribution in [0, 0.1) is 5.92 Å². The van der Waals surface area contributed by atoms with E-state index >= 15 is 0 Å². The maximum Gasteiger partial charge on any atom is 0.344 e. The first-order chi connectivity index (χ1) is 6.05. The lowest BCUT2D eigenvalue weighted by Gasteiger charge is -2.35. The molecule has 2 heterocycles. The Morgan fingerprint density at radius 1 is 1.54 bits per heavy atom. The third-order valence-corrected chi connectivity index (χ3v) is 3.07. The molecule has 5 heteroatoms. The van der Waals surface area contributed by atoms with Gasteiger partial charge in [-0.3, -0.25) is 4.90 Å². The second-order valence-electron chi connectivity index (χ2n) is 3.79. The van der Waals surface area contributed by atoms with Gasteiger partial charge < -0.3 is 5.11 Å². The number of hydrogen-bond donors (Lipinski definition) is 1. The normalized spacial score (nSPS) is 49.2. The Kier molecular flexibility index (Phi) is 1.80. The van der Waals surface area contributed by atoms with E-state index < -0.39 is 23.7 Å². The third-order valence-electron chi connectivity index (χ3n) is 3.07. The number of fused-ring (bicyclic) bond motifs is 2. The van der Waals surface area contributed by atoms with E-state index in [9.17, 15) is 13.6 Å². The minimum Gasteiger partial charge on any atom is -0.479 e. The fraction of sp³-hybridized carbons (Fsp3) is 0.875. The van der Waals surface area contributed by atoms with Gasteiger partial charge in [-0.25, -0.2) is 13.6 Å². The van der Waals surface area contributed by atoms with Crippen molar-refractivity contribution in [2.75, 3.05) is 19.6 Å². The molecule has 3 nitrogen and oxygen atoms in total. The molecule has 1 N–H and O–H groups in total. The maximum absolute atomic E-state index is 13.8. The van der Waals surface area contributed by atoms with Gasteiger partial charge in [0, 0.05) is 19.0 Å². The molecular formula is C8H11F2NO2. The number of carboxylic acids is 1. The van der Waals surface area contributed by atoms with Crippen LogP contribution in [0.25, 0.3) is 0 Å². The predicted octanol–water partition coefficient (Wildman–Crippen LogP) is 0.453. The van der Waals surface area contributed by atoms with Crippen LogP contribution in [-0.2, 0) is 4.79 Å². The van der Waals surface area contributed by atoms with Crippen molar-refractivity contribution in [2.24, 2.45) is 5.92 Å². The van der Waals surface area contributed by atoms with Gasteiger partial charge in [-0.1, -0.05) is 0 Å². The third kappa shape index (κ3) is 1.06. The lowest BCUT2D eigenvalue weighted by molar-refractivity contribution is -0.164. The van der Waals surface area contributed by atoms with Crippen LogP contribution in [0.3, 0.4) is 0 Å². The first-order valence-electron chi connectivity index (χ1n) is 4.34. The van der Waals surface area contributed by atoms with E-state index in [0.29, 0.717) is 19.5 Å². The molecular weight excluding hydrogens is 180 g/mol. The topological polar surface area (TPSA) is 40.5 Å². The standard InChI is InChI=1S/C8H11F2NO2/c9-6-4-11-2-1-5(3-11)8(6,10)7(12)13/h5-6H,1-4H2,(H,12,13). The summed E-state index contributed by atoms with van der Waals surface area (Å²) < 4.78 is 27.0. The van der Waals surface area contributed by atoms with Gasteiger partial charge in [0.15, 0.2) is 6.17 Å². The molecule has 0 aromatic carbocycles. The number of hydrogen-bond acceptors (Lipinski definition) is 2. The van der Waals surface area contributed by atoms with Crippen LogP contribution in [0.5, 0.6) is 0 Å². The molecule has 0 aromatic rings. The van der Waals surface area contributed by atoms with Crippen LogP contribution in [-0.4, -0.2) is 47.5 Å². The van der Waals surface area contributed by atoms with E-state index in [4.69, 9.17) is 5.11 Å². The molecule has 2 bridgehead atoms. The van der Waals surface area contributed by atoms with E-state index in [1.807, 2.05) is 0 Å². The fourth-order valence-electron chi connectivity index (χ4n) is 2.27. The van der Waals surface area contributed by atoms with E-state index in [0.717, 1.165) is 0 Å². The molecule has 4 unspecified atom stereocenters. The van der Waals surface area contributed by atoms with Crippen LogP contribution in [0.4, 0.5) is 8.78 Å². The molecule has 0 radical (unpaired) electrons. The summed E-state index contributed by atoms with van der Waals surface area (Å²) in [5.41, 5.74) is -2.65. The lowest BCUT2D eigenvalue weighted by Crippen LogP contribution is -2.57. The van der Waals surface area contributed by atoms with Crippen molar-refractivity contribution in [3.05, 3.63) is 0 Å². The molecule has 2 aliphatic rings. The van der Waals surface area contributed by atoms with Crippen LogP contribution < -0.4 is 0 Å². The Balaban J connectivity index is 2.29. The maximum atomic E-state index is 13.8. The van der Waals surface area contributed by atoms with Gasteiger partial charge in [0.1, 0.15) is 0 Å². The first kappa shape index (κ1) is 8.87. The van der Waals surface area contributed by atoms with Gasteiger partial charge >= 0.3 is 5.97 Å². The first-order valence-corrected chi connectivity index (χ1v) is 4.34. The molecule has 0 aromatic heterocycles. The Morgan fingerprint density at radius 2 is 2.23 bits per heavy atom. The van der Waals surface area contributed by atoms with E-state index in [2.05, 4.69) is 0 Å². The van der Waals surface area contributed by atoms with Crippen molar-refractivity contribution in [3.8, 4) is 0 Å². The van der Waals surface area contributed by atoms with Crippen molar-refractivity contribution in [2.45, 2.75) is 18.3 Å². The summed E-state index contributed by atoms with van der Waals surface area (Å²) in [6, 6.07) is 0. The molecule has 0 amide bonds. The highest BCUT2D eigenvalue weighted by Crippen LogP contribution is 2.40. The number of carboxylic acid groups (broad SMARTS) is 1. The molecule has 2 rings (SSSR count). The number of halogens is 2. The van der Waals surface area contributed by atoms with Gasteiger partial charge in [-0.15, -0.1) is 0 Å². The van der Waals surface area contributed by atoms with Crippen LogP contribution >= 0.6 is 0 Å². The highest BCUT2D eigenvalue weighted by atomic mass is 19.2. The minimum absolute atomic E-state index is 0.0840. The zero-order valence-corrected chi connectivity index (χ0v) is 7.04. The average Bonchev–Trinajstić information content (AvgIpc) is 2.46. The molecule has 4 atom stereocenters. The highest BCUT2D eigenvalue weighted by Gasteiger charge is 2.59. The number of rotatable bonds is 1. The second kappa shape index (κ2) is 2.64. The number of carbonyl (C=O) groups is 1. The van der Waals surface area contributed by atoms with Gasteiger partial charge in [0.05, 0.1) is 0 Å². The summed E-state index contributed by atoms with van der Waals surface area (Å²) in [7, 11) is 0. The Bertz CT molecular complexity index is 248. The van der Waals surface area contributed by atoms with Crippen molar-refractivity contribution < 1.29 is 18.7 Å². The van der Waals surface area contributed by atoms with Gasteiger partial charge in [0.2, 0.25) is 5.67 Å². The fourth-order valence-corrected chi connectivity index (χ4v) is 2.27. The second-order valence-corrected chi connectivity index (χ2v) is 3.79. The van der Waals surface area contributed by atoms with E-state index in [-0.39, 0.29) is 6.54 Å². The van der Waals surface area contributed by atoms with E-state index in [1.54, 1.807) is 4.90 Å². The number of nitrogens with zero attached hydrogens (tertiary/aromatic N) is 1. The zero-order chi connectivity index (χ0) is 9.64. The van der Waals surface area contributed by atoms with Crippen LogP contribution in [0.15, 0.2) is 0 Å². The largest absolute Gasteiger partial charge is 0.479 e. The number of alkyl halides is 2. The average molecular weight is 191 g/mol.